The van der Waals surface area contributed by atoms with Crippen molar-refractivity contribution in [2.24, 2.45) is 11.7 Å². The highest BCUT2D eigenvalue weighted by molar-refractivity contribution is 5.79. The number of rotatable bonds is 4. The number of hydrogen-bond acceptors (Lipinski definition) is 3. The zero-order valence-electron chi connectivity index (χ0n) is 12.7. The molecule has 2 aliphatic rings. The fourth-order valence-corrected chi connectivity index (χ4v) is 3.15. The molecule has 0 spiro atoms. The minimum absolute atomic E-state index is 0.167. The molecule has 1 amide bonds. The summed E-state index contributed by atoms with van der Waals surface area (Å²) < 4.78 is 0. The first kappa shape index (κ1) is 14.5. The van der Waals surface area contributed by atoms with Gasteiger partial charge in [-0.15, -0.1) is 0 Å². The predicted octanol–water partition coefficient (Wildman–Crippen LogP) is 1.63. The monoisotopic (exact) mass is 287 g/mol. The SMILES string of the molecule is CC(C(=O)N1CCN(C2CC2)CC1)C(N)c1ccccc1. The van der Waals surface area contributed by atoms with Crippen LogP contribution in [0.15, 0.2) is 30.3 Å². The van der Waals surface area contributed by atoms with E-state index >= 15 is 0 Å². The Balaban J connectivity index is 1.57. The Morgan fingerprint density at radius 3 is 2.33 bits per heavy atom. The number of carbonyl (C=O) groups is 1. The molecule has 0 aromatic heterocycles. The van der Waals surface area contributed by atoms with Crippen LogP contribution in [0.4, 0.5) is 0 Å². The summed E-state index contributed by atoms with van der Waals surface area (Å²) in [5.74, 6) is 0.0293. The molecule has 1 saturated heterocycles. The Morgan fingerprint density at radius 1 is 1.14 bits per heavy atom. The van der Waals surface area contributed by atoms with Crippen molar-refractivity contribution in [2.75, 3.05) is 26.2 Å². The second kappa shape index (κ2) is 6.16. The Labute approximate surface area is 126 Å². The molecule has 1 aromatic rings. The lowest BCUT2D eigenvalue weighted by atomic mass is 9.94. The molecular formula is C17H25N3O. The fourth-order valence-electron chi connectivity index (χ4n) is 3.15. The molecule has 0 bridgehead atoms. The van der Waals surface area contributed by atoms with E-state index in [4.69, 9.17) is 5.73 Å². The van der Waals surface area contributed by atoms with Crippen molar-refractivity contribution in [3.8, 4) is 0 Å². The maximum absolute atomic E-state index is 12.6. The average molecular weight is 287 g/mol. The zero-order chi connectivity index (χ0) is 14.8. The van der Waals surface area contributed by atoms with Gasteiger partial charge in [-0.25, -0.2) is 0 Å². The normalized spacial score (nSPS) is 22.9. The Hall–Kier alpha value is -1.39. The van der Waals surface area contributed by atoms with Gasteiger partial charge in [-0.1, -0.05) is 37.3 Å². The van der Waals surface area contributed by atoms with Gasteiger partial charge in [0.2, 0.25) is 5.91 Å². The molecule has 4 heteroatoms. The highest BCUT2D eigenvalue weighted by Gasteiger charge is 2.34. The molecule has 1 saturated carbocycles. The number of amides is 1. The van der Waals surface area contributed by atoms with Crippen molar-refractivity contribution in [3.05, 3.63) is 35.9 Å². The van der Waals surface area contributed by atoms with Crippen molar-refractivity contribution in [3.63, 3.8) is 0 Å². The molecule has 3 rings (SSSR count). The Morgan fingerprint density at radius 2 is 1.76 bits per heavy atom. The molecule has 0 radical (unpaired) electrons. The van der Waals surface area contributed by atoms with E-state index in [1.54, 1.807) is 0 Å². The van der Waals surface area contributed by atoms with Gasteiger partial charge in [0.25, 0.3) is 0 Å². The second-order valence-corrected chi connectivity index (χ2v) is 6.32. The van der Waals surface area contributed by atoms with Gasteiger partial charge in [-0.05, 0) is 18.4 Å². The van der Waals surface area contributed by atoms with E-state index in [1.165, 1.54) is 12.8 Å². The van der Waals surface area contributed by atoms with Crippen LogP contribution < -0.4 is 5.73 Å². The standard InChI is InChI=1S/C17H25N3O/c1-13(16(18)14-5-3-2-4-6-14)17(21)20-11-9-19(10-12-20)15-7-8-15/h2-6,13,15-16H,7-12,18H2,1H3. The van der Waals surface area contributed by atoms with Crippen molar-refractivity contribution in [1.29, 1.82) is 0 Å². The third-order valence-electron chi connectivity index (χ3n) is 4.80. The van der Waals surface area contributed by atoms with E-state index in [-0.39, 0.29) is 17.9 Å². The largest absolute Gasteiger partial charge is 0.340 e. The number of nitrogens with zero attached hydrogens (tertiary/aromatic N) is 2. The number of hydrogen-bond donors (Lipinski definition) is 1. The molecule has 1 aliphatic carbocycles. The summed E-state index contributed by atoms with van der Waals surface area (Å²) in [6, 6.07) is 10.5. The van der Waals surface area contributed by atoms with Crippen molar-refractivity contribution < 1.29 is 4.79 Å². The summed E-state index contributed by atoms with van der Waals surface area (Å²) in [7, 11) is 0. The van der Waals surface area contributed by atoms with E-state index in [2.05, 4.69) is 4.90 Å². The molecule has 4 nitrogen and oxygen atoms in total. The summed E-state index contributed by atoms with van der Waals surface area (Å²) in [5.41, 5.74) is 7.31. The molecule has 2 unspecified atom stereocenters. The van der Waals surface area contributed by atoms with Gasteiger partial charge in [0, 0.05) is 38.3 Å². The highest BCUT2D eigenvalue weighted by atomic mass is 16.2. The molecular weight excluding hydrogens is 262 g/mol. The number of benzene rings is 1. The summed E-state index contributed by atoms with van der Waals surface area (Å²) in [5, 5.41) is 0. The topological polar surface area (TPSA) is 49.6 Å². The zero-order valence-corrected chi connectivity index (χ0v) is 12.7. The molecule has 1 aromatic carbocycles. The van der Waals surface area contributed by atoms with E-state index in [0.29, 0.717) is 0 Å². The van der Waals surface area contributed by atoms with Gasteiger partial charge < -0.3 is 10.6 Å². The van der Waals surface area contributed by atoms with E-state index in [0.717, 1.165) is 37.8 Å². The molecule has 114 valence electrons. The van der Waals surface area contributed by atoms with Gasteiger partial charge in [0.15, 0.2) is 0 Å². The molecule has 21 heavy (non-hydrogen) atoms. The lowest BCUT2D eigenvalue weighted by Crippen LogP contribution is -2.51. The maximum Gasteiger partial charge on any atom is 0.227 e. The van der Waals surface area contributed by atoms with Crippen LogP contribution >= 0.6 is 0 Å². The molecule has 2 N–H and O–H groups in total. The summed E-state index contributed by atoms with van der Waals surface area (Å²) in [6.45, 7) is 5.68. The number of piperazine rings is 1. The van der Waals surface area contributed by atoms with Crippen LogP contribution in [0.2, 0.25) is 0 Å². The Kier molecular flexibility index (Phi) is 4.27. The van der Waals surface area contributed by atoms with E-state index < -0.39 is 0 Å². The van der Waals surface area contributed by atoms with Crippen LogP contribution in [0.5, 0.6) is 0 Å². The summed E-state index contributed by atoms with van der Waals surface area (Å²) in [6.07, 6.45) is 2.67. The van der Waals surface area contributed by atoms with Crippen LogP contribution in [0, 0.1) is 5.92 Å². The van der Waals surface area contributed by atoms with Gasteiger partial charge in [-0.3, -0.25) is 9.69 Å². The Bertz CT molecular complexity index is 478. The van der Waals surface area contributed by atoms with Gasteiger partial charge in [0.05, 0.1) is 5.92 Å². The number of nitrogens with two attached hydrogens (primary N) is 1. The van der Waals surface area contributed by atoms with Gasteiger partial charge in [-0.2, -0.15) is 0 Å². The van der Waals surface area contributed by atoms with Crippen LogP contribution in [-0.2, 0) is 4.79 Å². The minimum Gasteiger partial charge on any atom is -0.340 e. The third kappa shape index (κ3) is 3.27. The first-order valence-corrected chi connectivity index (χ1v) is 8.00. The van der Waals surface area contributed by atoms with Gasteiger partial charge >= 0.3 is 0 Å². The number of carbonyl (C=O) groups excluding carboxylic acids is 1. The van der Waals surface area contributed by atoms with Crippen LogP contribution in [0.3, 0.4) is 0 Å². The molecule has 1 aliphatic heterocycles. The average Bonchev–Trinajstić information content (AvgIpc) is 3.39. The van der Waals surface area contributed by atoms with E-state index in [1.807, 2.05) is 42.2 Å². The van der Waals surface area contributed by atoms with Gasteiger partial charge in [0.1, 0.15) is 0 Å². The summed E-state index contributed by atoms with van der Waals surface area (Å²) in [4.78, 5) is 17.1. The predicted molar refractivity (Wildman–Crippen MR) is 83.7 cm³/mol. The van der Waals surface area contributed by atoms with Crippen LogP contribution in [0.25, 0.3) is 0 Å². The second-order valence-electron chi connectivity index (χ2n) is 6.32. The van der Waals surface area contributed by atoms with Crippen LogP contribution in [-0.4, -0.2) is 47.9 Å². The third-order valence-corrected chi connectivity index (χ3v) is 4.80. The first-order chi connectivity index (χ1) is 10.2. The van der Waals surface area contributed by atoms with Crippen molar-refractivity contribution in [1.82, 2.24) is 9.80 Å². The van der Waals surface area contributed by atoms with Crippen molar-refractivity contribution in [2.45, 2.75) is 31.8 Å². The van der Waals surface area contributed by atoms with Crippen LogP contribution in [0.1, 0.15) is 31.4 Å². The molecule has 2 fully saturated rings. The highest BCUT2D eigenvalue weighted by Crippen LogP contribution is 2.28. The lowest BCUT2D eigenvalue weighted by molar-refractivity contribution is -0.137. The quantitative estimate of drug-likeness (QED) is 0.915. The summed E-state index contributed by atoms with van der Waals surface area (Å²) >= 11 is 0. The molecule has 1 heterocycles. The van der Waals surface area contributed by atoms with Crippen molar-refractivity contribution >= 4 is 5.91 Å². The first-order valence-electron chi connectivity index (χ1n) is 8.00. The lowest BCUT2D eigenvalue weighted by Gasteiger charge is -2.37. The minimum atomic E-state index is -0.222. The fraction of sp³-hybridized carbons (Fsp3) is 0.588. The van der Waals surface area contributed by atoms with E-state index in [9.17, 15) is 4.79 Å². The molecule has 2 atom stereocenters. The maximum atomic E-state index is 12.6. The smallest absolute Gasteiger partial charge is 0.227 e.